The minimum absolute atomic E-state index is 0.540. The predicted molar refractivity (Wildman–Crippen MR) is 126 cm³/mol. The Morgan fingerprint density at radius 1 is 0.633 bits per heavy atom. The van der Waals surface area contributed by atoms with E-state index in [2.05, 4.69) is 27.7 Å². The van der Waals surface area contributed by atoms with Gasteiger partial charge in [0.15, 0.2) is 0 Å². The van der Waals surface area contributed by atoms with E-state index in [1.54, 1.807) is 12.1 Å². The zero-order valence-electron chi connectivity index (χ0n) is 18.8. The highest BCUT2D eigenvalue weighted by atomic mass is 31.2. The van der Waals surface area contributed by atoms with Crippen LogP contribution in [0.1, 0.15) is 47.2 Å². The van der Waals surface area contributed by atoms with Crippen molar-refractivity contribution in [2.75, 3.05) is 0 Å². The summed E-state index contributed by atoms with van der Waals surface area (Å²) < 4.78 is 26.5. The maximum atomic E-state index is 14.1. The molecule has 0 saturated carbocycles. The van der Waals surface area contributed by atoms with Gasteiger partial charge in [-0.15, -0.1) is 0 Å². The van der Waals surface area contributed by atoms with E-state index < -0.39 is 7.60 Å². The monoisotopic (exact) mass is 422 g/mol. The van der Waals surface area contributed by atoms with Crippen LogP contribution in [0.15, 0.2) is 54.6 Å². The normalized spacial score (nSPS) is 11.4. The molecular formula is C26H31O3P. The standard InChI is InChI=1S/C26H31O3P/c1-7-22-14-16-25(20(5)18(22)3)28-30(27,24-12-10-9-11-13-24)29-26-17-15-23(8-2)19(4)21(26)6/h9-17H,7-8H2,1-6H3. The van der Waals surface area contributed by atoms with Gasteiger partial charge in [-0.05, 0) is 98.2 Å². The smallest absolute Gasteiger partial charge is 0.413 e. The summed E-state index contributed by atoms with van der Waals surface area (Å²) in [6.45, 7) is 12.4. The largest absolute Gasteiger partial charge is 0.462 e. The van der Waals surface area contributed by atoms with Crippen molar-refractivity contribution in [1.82, 2.24) is 0 Å². The van der Waals surface area contributed by atoms with Crippen LogP contribution in [-0.2, 0) is 17.4 Å². The summed E-state index contributed by atoms with van der Waals surface area (Å²) in [5, 5.41) is 0.540. The fourth-order valence-corrected chi connectivity index (χ4v) is 5.36. The van der Waals surface area contributed by atoms with Crippen LogP contribution in [0, 0.1) is 27.7 Å². The average Bonchev–Trinajstić information content (AvgIpc) is 2.76. The van der Waals surface area contributed by atoms with Crippen molar-refractivity contribution in [3.63, 3.8) is 0 Å². The van der Waals surface area contributed by atoms with Gasteiger partial charge in [-0.1, -0.05) is 44.2 Å². The Kier molecular flexibility index (Phi) is 6.73. The van der Waals surface area contributed by atoms with E-state index in [-0.39, 0.29) is 0 Å². The van der Waals surface area contributed by atoms with E-state index in [0.29, 0.717) is 16.8 Å². The summed E-state index contributed by atoms with van der Waals surface area (Å²) in [7, 11) is -3.66. The van der Waals surface area contributed by atoms with Crippen molar-refractivity contribution in [2.24, 2.45) is 0 Å². The molecule has 30 heavy (non-hydrogen) atoms. The first-order valence-corrected chi connectivity index (χ1v) is 12.1. The molecule has 158 valence electrons. The van der Waals surface area contributed by atoms with Crippen LogP contribution in [0.5, 0.6) is 11.5 Å². The van der Waals surface area contributed by atoms with Crippen LogP contribution in [0.25, 0.3) is 0 Å². The van der Waals surface area contributed by atoms with E-state index in [4.69, 9.17) is 9.05 Å². The highest BCUT2D eigenvalue weighted by Crippen LogP contribution is 2.49. The van der Waals surface area contributed by atoms with Gasteiger partial charge in [0.1, 0.15) is 11.5 Å². The summed E-state index contributed by atoms with van der Waals surface area (Å²) >= 11 is 0. The van der Waals surface area contributed by atoms with Gasteiger partial charge in [-0.2, -0.15) is 0 Å². The van der Waals surface area contributed by atoms with E-state index in [0.717, 1.165) is 35.1 Å². The highest BCUT2D eigenvalue weighted by Gasteiger charge is 2.32. The Hall–Kier alpha value is -2.51. The Balaban J connectivity index is 2.07. The molecule has 0 N–H and O–H groups in total. The second kappa shape index (κ2) is 9.10. The predicted octanol–water partition coefficient (Wildman–Crippen LogP) is 7.02. The quantitative estimate of drug-likeness (QED) is 0.384. The fourth-order valence-electron chi connectivity index (χ4n) is 3.66. The molecule has 0 aliphatic carbocycles. The van der Waals surface area contributed by atoms with Crippen molar-refractivity contribution in [2.45, 2.75) is 54.4 Å². The summed E-state index contributed by atoms with van der Waals surface area (Å²) in [5.74, 6) is 1.19. The van der Waals surface area contributed by atoms with Gasteiger partial charge >= 0.3 is 7.60 Å². The van der Waals surface area contributed by atoms with Crippen LogP contribution >= 0.6 is 7.60 Å². The molecule has 0 heterocycles. The lowest BCUT2D eigenvalue weighted by atomic mass is 10.0. The van der Waals surface area contributed by atoms with Crippen molar-refractivity contribution in [3.8, 4) is 11.5 Å². The van der Waals surface area contributed by atoms with E-state index in [9.17, 15) is 4.57 Å². The molecule has 3 nitrogen and oxygen atoms in total. The summed E-state index contributed by atoms with van der Waals surface area (Å²) in [6.07, 6.45) is 1.89. The first-order valence-electron chi connectivity index (χ1n) is 10.5. The van der Waals surface area contributed by atoms with E-state index in [1.807, 2.05) is 56.3 Å². The zero-order chi connectivity index (χ0) is 21.9. The number of rotatable bonds is 7. The summed E-state index contributed by atoms with van der Waals surface area (Å²) in [4.78, 5) is 0. The fraction of sp³-hybridized carbons (Fsp3) is 0.308. The summed E-state index contributed by atoms with van der Waals surface area (Å²) in [6, 6.07) is 17.1. The number of benzene rings is 3. The Morgan fingerprint density at radius 3 is 1.47 bits per heavy atom. The lowest BCUT2D eigenvalue weighted by molar-refractivity contribution is 0.396. The van der Waals surface area contributed by atoms with Gasteiger partial charge in [0.2, 0.25) is 0 Å². The average molecular weight is 423 g/mol. The minimum Gasteiger partial charge on any atom is -0.413 e. The van der Waals surface area contributed by atoms with Crippen LogP contribution in [0.3, 0.4) is 0 Å². The van der Waals surface area contributed by atoms with E-state index in [1.165, 1.54) is 11.1 Å². The Labute approximate surface area is 180 Å². The second-order valence-electron chi connectivity index (χ2n) is 7.67. The van der Waals surface area contributed by atoms with Gasteiger partial charge in [0.25, 0.3) is 0 Å². The maximum Gasteiger partial charge on any atom is 0.462 e. The molecule has 0 saturated heterocycles. The third-order valence-electron chi connectivity index (χ3n) is 5.97. The van der Waals surface area contributed by atoms with Crippen molar-refractivity contribution in [3.05, 3.63) is 88.0 Å². The molecule has 0 aliphatic rings. The third-order valence-corrected chi connectivity index (χ3v) is 7.78. The molecule has 0 amide bonds. The van der Waals surface area contributed by atoms with Crippen molar-refractivity contribution >= 4 is 12.9 Å². The van der Waals surface area contributed by atoms with Gasteiger partial charge in [-0.25, -0.2) is 4.57 Å². The molecule has 3 aromatic carbocycles. The number of aryl methyl sites for hydroxylation is 2. The topological polar surface area (TPSA) is 35.5 Å². The van der Waals surface area contributed by atoms with Crippen molar-refractivity contribution in [1.29, 1.82) is 0 Å². The van der Waals surface area contributed by atoms with Crippen LogP contribution < -0.4 is 14.4 Å². The molecule has 0 aromatic heterocycles. The molecule has 3 aromatic rings. The van der Waals surface area contributed by atoms with Gasteiger partial charge in [0.05, 0.1) is 5.30 Å². The third kappa shape index (κ3) is 4.32. The highest BCUT2D eigenvalue weighted by molar-refractivity contribution is 7.63. The van der Waals surface area contributed by atoms with Crippen LogP contribution in [0.2, 0.25) is 0 Å². The number of hydrogen-bond acceptors (Lipinski definition) is 3. The first kappa shape index (κ1) is 22.2. The molecule has 3 rings (SSSR count). The molecular weight excluding hydrogens is 391 g/mol. The lowest BCUT2D eigenvalue weighted by Crippen LogP contribution is -2.15. The number of hydrogen-bond donors (Lipinski definition) is 0. The molecule has 0 fully saturated rings. The lowest BCUT2D eigenvalue weighted by Gasteiger charge is -2.24. The molecule has 0 spiro atoms. The molecule has 0 bridgehead atoms. The van der Waals surface area contributed by atoms with Gasteiger partial charge in [-0.3, -0.25) is 0 Å². The first-order chi connectivity index (χ1) is 14.3. The zero-order valence-corrected chi connectivity index (χ0v) is 19.7. The van der Waals surface area contributed by atoms with Gasteiger partial charge in [0, 0.05) is 0 Å². The van der Waals surface area contributed by atoms with Gasteiger partial charge < -0.3 is 9.05 Å². The Morgan fingerprint density at radius 2 is 1.07 bits per heavy atom. The molecule has 4 heteroatoms. The minimum atomic E-state index is -3.66. The molecule has 0 radical (unpaired) electrons. The van der Waals surface area contributed by atoms with E-state index >= 15 is 0 Å². The molecule has 0 unspecified atom stereocenters. The van der Waals surface area contributed by atoms with Crippen molar-refractivity contribution < 1.29 is 13.6 Å². The maximum absolute atomic E-state index is 14.1. The van der Waals surface area contributed by atoms with Crippen LogP contribution in [0.4, 0.5) is 0 Å². The molecule has 0 atom stereocenters. The summed E-state index contributed by atoms with van der Waals surface area (Å²) in [5.41, 5.74) is 6.82. The SMILES string of the molecule is CCc1ccc(OP(=O)(Oc2ccc(CC)c(C)c2C)c2ccccc2)c(C)c1C. The Bertz CT molecular complexity index is 1020. The second-order valence-corrected chi connectivity index (χ2v) is 9.54. The molecule has 0 aliphatic heterocycles. The van der Waals surface area contributed by atoms with Crippen LogP contribution in [-0.4, -0.2) is 0 Å².